The Morgan fingerprint density at radius 2 is 2.25 bits per heavy atom. The van der Waals surface area contributed by atoms with Crippen LogP contribution in [0.25, 0.3) is 0 Å². The maximum atomic E-state index is 12.5. The minimum atomic E-state index is 0.255. The van der Waals surface area contributed by atoms with E-state index in [1.165, 1.54) is 18.4 Å². The molecule has 1 aromatic carbocycles. The number of carbonyl (C=O) groups is 1. The van der Waals surface area contributed by atoms with Gasteiger partial charge in [-0.15, -0.1) is 0 Å². The SMILES string of the molecule is CCN(C(=O)CN1CCCc2ccc(N)cc21)C1CC1. The van der Waals surface area contributed by atoms with Gasteiger partial charge in [0.25, 0.3) is 0 Å². The lowest BCUT2D eigenvalue weighted by atomic mass is 10.0. The van der Waals surface area contributed by atoms with Crippen LogP contribution in [0.1, 0.15) is 31.7 Å². The molecule has 0 spiro atoms. The van der Waals surface area contributed by atoms with Crippen LogP contribution >= 0.6 is 0 Å². The predicted octanol–water partition coefficient (Wildman–Crippen LogP) is 2.03. The van der Waals surface area contributed by atoms with Gasteiger partial charge in [-0.3, -0.25) is 4.79 Å². The fourth-order valence-corrected chi connectivity index (χ4v) is 3.11. The Hall–Kier alpha value is -1.71. The van der Waals surface area contributed by atoms with Crippen LogP contribution in [-0.4, -0.2) is 36.5 Å². The van der Waals surface area contributed by atoms with Crippen LogP contribution in [0.3, 0.4) is 0 Å². The van der Waals surface area contributed by atoms with Crippen molar-refractivity contribution >= 4 is 17.3 Å². The quantitative estimate of drug-likeness (QED) is 0.854. The lowest BCUT2D eigenvalue weighted by molar-refractivity contribution is -0.130. The molecule has 20 heavy (non-hydrogen) atoms. The summed E-state index contributed by atoms with van der Waals surface area (Å²) in [7, 11) is 0. The summed E-state index contributed by atoms with van der Waals surface area (Å²) in [6, 6.07) is 6.55. The molecule has 0 saturated heterocycles. The lowest BCUT2D eigenvalue weighted by Crippen LogP contribution is -2.43. The fourth-order valence-electron chi connectivity index (χ4n) is 3.11. The third-order valence-electron chi connectivity index (χ3n) is 4.30. The normalized spacial score (nSPS) is 17.8. The van der Waals surface area contributed by atoms with Gasteiger partial charge in [0, 0.05) is 30.5 Å². The van der Waals surface area contributed by atoms with Crippen molar-refractivity contribution in [3.05, 3.63) is 23.8 Å². The molecule has 0 atom stereocenters. The Kier molecular flexibility index (Phi) is 3.55. The molecule has 0 unspecified atom stereocenters. The van der Waals surface area contributed by atoms with E-state index in [1.54, 1.807) is 0 Å². The molecule has 4 nitrogen and oxygen atoms in total. The molecular formula is C16H23N3O. The first-order chi connectivity index (χ1) is 9.69. The van der Waals surface area contributed by atoms with Gasteiger partial charge in [0.2, 0.25) is 5.91 Å². The van der Waals surface area contributed by atoms with E-state index in [1.807, 2.05) is 17.0 Å². The number of nitrogens with two attached hydrogens (primary N) is 1. The van der Waals surface area contributed by atoms with Gasteiger partial charge in [-0.1, -0.05) is 6.07 Å². The average molecular weight is 273 g/mol. The molecule has 1 aliphatic heterocycles. The summed E-state index contributed by atoms with van der Waals surface area (Å²) in [5.74, 6) is 0.255. The van der Waals surface area contributed by atoms with E-state index in [4.69, 9.17) is 5.73 Å². The minimum Gasteiger partial charge on any atom is -0.399 e. The summed E-state index contributed by atoms with van der Waals surface area (Å²) >= 11 is 0. The molecule has 1 heterocycles. The number of benzene rings is 1. The summed E-state index contributed by atoms with van der Waals surface area (Å²) in [5, 5.41) is 0. The van der Waals surface area contributed by atoms with Crippen LogP contribution in [0.2, 0.25) is 0 Å². The summed E-state index contributed by atoms with van der Waals surface area (Å²) in [6.45, 7) is 4.32. The van der Waals surface area contributed by atoms with Crippen molar-refractivity contribution in [3.8, 4) is 0 Å². The molecule has 2 N–H and O–H groups in total. The third-order valence-corrected chi connectivity index (χ3v) is 4.30. The molecule has 1 saturated carbocycles. The first-order valence-corrected chi connectivity index (χ1v) is 7.62. The Bertz CT molecular complexity index is 510. The molecule has 4 heteroatoms. The Balaban J connectivity index is 1.75. The van der Waals surface area contributed by atoms with Crippen molar-refractivity contribution in [1.29, 1.82) is 0 Å². The van der Waals surface area contributed by atoms with Crippen molar-refractivity contribution in [1.82, 2.24) is 4.90 Å². The van der Waals surface area contributed by atoms with Crippen LogP contribution in [0.15, 0.2) is 18.2 Å². The number of amides is 1. The maximum absolute atomic E-state index is 12.5. The van der Waals surface area contributed by atoms with Gasteiger partial charge >= 0.3 is 0 Å². The number of nitrogens with zero attached hydrogens (tertiary/aromatic N) is 2. The number of rotatable bonds is 4. The van der Waals surface area contributed by atoms with E-state index in [9.17, 15) is 4.79 Å². The minimum absolute atomic E-state index is 0.255. The first kappa shape index (κ1) is 13.3. The number of hydrogen-bond acceptors (Lipinski definition) is 3. The molecule has 1 amide bonds. The van der Waals surface area contributed by atoms with Crippen molar-refractivity contribution in [2.75, 3.05) is 30.3 Å². The summed E-state index contributed by atoms with van der Waals surface area (Å²) in [5.41, 5.74) is 9.13. The van der Waals surface area contributed by atoms with E-state index in [0.717, 1.165) is 37.3 Å². The number of hydrogen-bond donors (Lipinski definition) is 1. The van der Waals surface area contributed by atoms with Crippen molar-refractivity contribution < 1.29 is 4.79 Å². The van der Waals surface area contributed by atoms with Gasteiger partial charge in [0.15, 0.2) is 0 Å². The maximum Gasteiger partial charge on any atom is 0.242 e. The van der Waals surface area contributed by atoms with Crippen LogP contribution in [0, 0.1) is 0 Å². The van der Waals surface area contributed by atoms with Gasteiger partial charge < -0.3 is 15.5 Å². The smallest absolute Gasteiger partial charge is 0.242 e. The monoisotopic (exact) mass is 273 g/mol. The number of anilines is 2. The highest BCUT2D eigenvalue weighted by Crippen LogP contribution is 2.30. The van der Waals surface area contributed by atoms with E-state index >= 15 is 0 Å². The number of nitrogen functional groups attached to an aromatic ring is 1. The van der Waals surface area contributed by atoms with Gasteiger partial charge in [0.05, 0.1) is 6.54 Å². The first-order valence-electron chi connectivity index (χ1n) is 7.62. The van der Waals surface area contributed by atoms with E-state index in [0.29, 0.717) is 12.6 Å². The Labute approximate surface area is 120 Å². The summed E-state index contributed by atoms with van der Waals surface area (Å²) < 4.78 is 0. The van der Waals surface area contributed by atoms with Crippen LogP contribution in [0.5, 0.6) is 0 Å². The number of carbonyl (C=O) groups excluding carboxylic acids is 1. The molecule has 0 radical (unpaired) electrons. The second-order valence-corrected chi connectivity index (χ2v) is 5.82. The number of likely N-dealkylation sites (N-methyl/N-ethyl adjacent to an activating group) is 1. The highest BCUT2D eigenvalue weighted by molar-refractivity contribution is 5.83. The molecule has 108 valence electrons. The number of fused-ring (bicyclic) bond motifs is 1. The molecule has 1 fully saturated rings. The molecule has 0 bridgehead atoms. The summed E-state index contributed by atoms with van der Waals surface area (Å²) in [4.78, 5) is 16.7. The average Bonchev–Trinajstić information content (AvgIpc) is 3.25. The number of aryl methyl sites for hydroxylation is 1. The largest absolute Gasteiger partial charge is 0.399 e. The zero-order chi connectivity index (χ0) is 14.1. The lowest BCUT2D eigenvalue weighted by Gasteiger charge is -2.33. The van der Waals surface area contributed by atoms with Gasteiger partial charge in [-0.2, -0.15) is 0 Å². The van der Waals surface area contributed by atoms with Gasteiger partial charge in [0.1, 0.15) is 0 Å². The van der Waals surface area contributed by atoms with Crippen molar-refractivity contribution in [3.63, 3.8) is 0 Å². The zero-order valence-corrected chi connectivity index (χ0v) is 12.1. The van der Waals surface area contributed by atoms with Crippen LogP contribution in [-0.2, 0) is 11.2 Å². The van der Waals surface area contributed by atoms with E-state index in [-0.39, 0.29) is 5.91 Å². The Morgan fingerprint density at radius 3 is 2.95 bits per heavy atom. The topological polar surface area (TPSA) is 49.6 Å². The standard InChI is InChI=1S/C16H23N3O/c1-2-19(14-7-8-14)16(20)11-18-9-3-4-12-5-6-13(17)10-15(12)18/h5-6,10,14H,2-4,7-9,11,17H2,1H3. The van der Waals surface area contributed by atoms with Crippen LogP contribution in [0.4, 0.5) is 11.4 Å². The highest BCUT2D eigenvalue weighted by Gasteiger charge is 2.32. The second-order valence-electron chi connectivity index (χ2n) is 5.82. The van der Waals surface area contributed by atoms with Crippen molar-refractivity contribution in [2.24, 2.45) is 0 Å². The molecule has 2 aliphatic rings. The van der Waals surface area contributed by atoms with Crippen molar-refractivity contribution in [2.45, 2.75) is 38.6 Å². The predicted molar refractivity (Wildman–Crippen MR) is 81.8 cm³/mol. The van der Waals surface area contributed by atoms with E-state index in [2.05, 4.69) is 17.9 Å². The molecule has 1 aliphatic carbocycles. The summed E-state index contributed by atoms with van der Waals surface area (Å²) in [6.07, 6.45) is 4.53. The molecule has 1 aromatic rings. The van der Waals surface area contributed by atoms with E-state index < -0.39 is 0 Å². The van der Waals surface area contributed by atoms with Gasteiger partial charge in [-0.05, 0) is 50.3 Å². The fraction of sp³-hybridized carbons (Fsp3) is 0.562. The van der Waals surface area contributed by atoms with Crippen LogP contribution < -0.4 is 10.6 Å². The molecule has 0 aromatic heterocycles. The zero-order valence-electron chi connectivity index (χ0n) is 12.1. The van der Waals surface area contributed by atoms with Gasteiger partial charge in [-0.25, -0.2) is 0 Å². The molecule has 3 rings (SSSR count). The second kappa shape index (κ2) is 5.35. The molecular weight excluding hydrogens is 250 g/mol. The highest BCUT2D eigenvalue weighted by atomic mass is 16.2. The Morgan fingerprint density at radius 1 is 1.45 bits per heavy atom. The third kappa shape index (κ3) is 2.60.